The first-order chi connectivity index (χ1) is 8.31. The van der Waals surface area contributed by atoms with Crippen LogP contribution in [0.3, 0.4) is 0 Å². The van der Waals surface area contributed by atoms with Gasteiger partial charge in [-0.15, -0.1) is 0 Å². The molecule has 1 aromatic carbocycles. The minimum Gasteiger partial charge on any atom is -0.445 e. The Hall–Kier alpha value is -0.530. The summed E-state index contributed by atoms with van der Waals surface area (Å²) in [7, 11) is 0. The maximum atomic E-state index is 12.6. The lowest BCUT2D eigenvalue weighted by Gasteiger charge is -2.19. The van der Waals surface area contributed by atoms with E-state index in [1.54, 1.807) is 0 Å². The summed E-state index contributed by atoms with van der Waals surface area (Å²) < 4.78 is 76.7. The fourth-order valence-corrected chi connectivity index (χ4v) is 1.39. The molecule has 1 rings (SSSR count). The Kier molecular flexibility index (Phi) is 4.44. The van der Waals surface area contributed by atoms with Gasteiger partial charge in [-0.05, 0) is 53.0 Å². The van der Waals surface area contributed by atoms with Crippen LogP contribution in [0, 0.1) is 0 Å². The summed E-state index contributed by atoms with van der Waals surface area (Å²) in [6, 6.07) is 0.709. The van der Waals surface area contributed by atoms with Gasteiger partial charge in [0.1, 0.15) is 5.75 Å². The molecule has 0 N–H and O–H groups in total. The molecule has 19 heavy (non-hydrogen) atoms. The minimum absolute atomic E-state index is 0.119. The highest BCUT2D eigenvalue weighted by atomic mass is 35.6. The van der Waals surface area contributed by atoms with Gasteiger partial charge in [0, 0.05) is 0 Å². The molecule has 0 aromatic heterocycles. The Morgan fingerprint density at radius 1 is 0.842 bits per heavy atom. The zero-order valence-electron chi connectivity index (χ0n) is 8.54. The van der Waals surface area contributed by atoms with Gasteiger partial charge in [0.05, 0.1) is 11.1 Å². The highest BCUT2D eigenvalue weighted by Crippen LogP contribution is 2.42. The van der Waals surface area contributed by atoms with Gasteiger partial charge in [-0.3, -0.25) is 0 Å². The van der Waals surface area contributed by atoms with E-state index in [0.29, 0.717) is 12.1 Å². The highest BCUT2D eigenvalue weighted by Gasteiger charge is 2.40. The van der Waals surface area contributed by atoms with Crippen molar-refractivity contribution in [3.63, 3.8) is 0 Å². The second-order valence-electron chi connectivity index (χ2n) is 3.25. The number of hydrogen-bond acceptors (Lipinski definition) is 1. The summed E-state index contributed by atoms with van der Waals surface area (Å²) in [6.45, 7) is 0. The molecule has 108 valence electrons. The molecule has 0 saturated carbocycles. The van der Waals surface area contributed by atoms with E-state index in [2.05, 4.69) is 4.74 Å². The first kappa shape index (κ1) is 16.5. The van der Waals surface area contributed by atoms with Crippen LogP contribution in [0.15, 0.2) is 18.2 Å². The normalized spacial score (nSPS) is 13.5. The lowest BCUT2D eigenvalue weighted by atomic mass is 10.1. The molecule has 0 heterocycles. The van der Waals surface area contributed by atoms with Crippen molar-refractivity contribution in [1.29, 1.82) is 0 Å². The van der Waals surface area contributed by atoms with Crippen LogP contribution < -0.4 is 4.74 Å². The standard InChI is InChI=1S/C9H3Cl3F6O/c10-9(11,12)19-6-2-1-4(7(13,14)15)3-5(6)8(16,17)18/h1-3H. The molecule has 0 fully saturated rings. The fraction of sp³-hybridized carbons (Fsp3) is 0.333. The Morgan fingerprint density at radius 3 is 1.74 bits per heavy atom. The summed E-state index contributed by atoms with van der Waals surface area (Å²) in [5, 5.41) is 0. The molecule has 0 bridgehead atoms. The van der Waals surface area contributed by atoms with Gasteiger partial charge in [-0.2, -0.15) is 26.3 Å². The Balaban J connectivity index is 3.34. The number of halogens is 9. The van der Waals surface area contributed by atoms with Crippen molar-refractivity contribution in [2.75, 3.05) is 0 Å². The molecule has 0 radical (unpaired) electrons. The number of hydrogen-bond donors (Lipinski definition) is 0. The number of benzene rings is 1. The maximum Gasteiger partial charge on any atom is 0.419 e. The van der Waals surface area contributed by atoms with Crippen molar-refractivity contribution in [2.45, 2.75) is 16.3 Å². The van der Waals surface area contributed by atoms with Crippen LogP contribution in [-0.4, -0.2) is 3.98 Å². The third-order valence-corrected chi connectivity index (χ3v) is 2.07. The number of rotatable bonds is 1. The predicted octanol–water partition coefficient (Wildman–Crippen LogP) is 5.43. The molecule has 0 spiro atoms. The van der Waals surface area contributed by atoms with Crippen molar-refractivity contribution in [3.8, 4) is 5.75 Å². The summed E-state index contributed by atoms with van der Waals surface area (Å²) in [4.78, 5) is 0. The van der Waals surface area contributed by atoms with E-state index in [-0.39, 0.29) is 6.07 Å². The quantitative estimate of drug-likeness (QED) is 0.486. The van der Waals surface area contributed by atoms with Crippen LogP contribution in [0.1, 0.15) is 11.1 Å². The van der Waals surface area contributed by atoms with Gasteiger partial charge in [0.2, 0.25) is 0 Å². The molecule has 0 aliphatic heterocycles. The second-order valence-corrected chi connectivity index (χ2v) is 5.43. The predicted molar refractivity (Wildman–Crippen MR) is 57.4 cm³/mol. The summed E-state index contributed by atoms with van der Waals surface area (Å²) >= 11 is 15.4. The van der Waals surface area contributed by atoms with E-state index in [4.69, 9.17) is 34.8 Å². The van der Waals surface area contributed by atoms with Crippen molar-refractivity contribution < 1.29 is 31.1 Å². The lowest BCUT2D eigenvalue weighted by molar-refractivity contribution is -0.143. The third-order valence-electron chi connectivity index (χ3n) is 1.84. The van der Waals surface area contributed by atoms with Crippen LogP contribution in [0.4, 0.5) is 26.3 Å². The summed E-state index contributed by atoms with van der Waals surface area (Å²) in [5.41, 5.74) is -3.18. The van der Waals surface area contributed by atoms with Crippen molar-refractivity contribution in [3.05, 3.63) is 29.3 Å². The smallest absolute Gasteiger partial charge is 0.419 e. The monoisotopic (exact) mass is 346 g/mol. The van der Waals surface area contributed by atoms with Gasteiger partial charge in [-0.25, -0.2) is 0 Å². The van der Waals surface area contributed by atoms with E-state index in [1.807, 2.05) is 0 Å². The molecular formula is C9H3Cl3F6O. The van der Waals surface area contributed by atoms with Crippen LogP contribution in [0.25, 0.3) is 0 Å². The molecule has 0 unspecified atom stereocenters. The fourth-order valence-electron chi connectivity index (χ4n) is 1.14. The van der Waals surface area contributed by atoms with Gasteiger partial charge >= 0.3 is 16.3 Å². The Morgan fingerprint density at radius 2 is 1.37 bits per heavy atom. The van der Waals surface area contributed by atoms with Gasteiger partial charge in [0.25, 0.3) is 0 Å². The van der Waals surface area contributed by atoms with Crippen molar-refractivity contribution >= 4 is 34.8 Å². The average molecular weight is 347 g/mol. The molecule has 0 atom stereocenters. The van der Waals surface area contributed by atoms with Crippen LogP contribution in [0.5, 0.6) is 5.75 Å². The molecule has 0 aliphatic carbocycles. The average Bonchev–Trinajstić information content (AvgIpc) is 2.11. The molecule has 10 heteroatoms. The van der Waals surface area contributed by atoms with Gasteiger partial charge in [0.15, 0.2) is 0 Å². The van der Waals surface area contributed by atoms with Crippen molar-refractivity contribution in [2.24, 2.45) is 0 Å². The van der Waals surface area contributed by atoms with Crippen LogP contribution in [-0.2, 0) is 12.4 Å². The molecule has 0 amide bonds. The number of ether oxygens (including phenoxy) is 1. The van der Waals surface area contributed by atoms with Gasteiger partial charge in [-0.1, -0.05) is 0 Å². The van der Waals surface area contributed by atoms with Gasteiger partial charge < -0.3 is 4.74 Å². The van der Waals surface area contributed by atoms with Crippen LogP contribution >= 0.6 is 34.8 Å². The Bertz CT molecular complexity index is 462. The zero-order valence-corrected chi connectivity index (χ0v) is 10.8. The Labute approximate surface area is 118 Å². The van der Waals surface area contributed by atoms with E-state index >= 15 is 0 Å². The third kappa shape index (κ3) is 4.81. The highest BCUT2D eigenvalue weighted by molar-refractivity contribution is 6.66. The summed E-state index contributed by atoms with van der Waals surface area (Å²) in [6.07, 6.45) is -10.0. The van der Waals surface area contributed by atoms with E-state index in [1.165, 1.54) is 0 Å². The van der Waals surface area contributed by atoms with Crippen molar-refractivity contribution in [1.82, 2.24) is 0 Å². The number of alkyl halides is 9. The first-order valence-electron chi connectivity index (χ1n) is 4.35. The minimum atomic E-state index is -5.09. The lowest BCUT2D eigenvalue weighted by Crippen LogP contribution is -2.18. The van der Waals surface area contributed by atoms with E-state index in [0.717, 1.165) is 0 Å². The van der Waals surface area contributed by atoms with E-state index < -0.39 is 33.2 Å². The molecular weight excluding hydrogens is 344 g/mol. The maximum absolute atomic E-state index is 12.6. The van der Waals surface area contributed by atoms with Crippen LogP contribution in [0.2, 0.25) is 0 Å². The first-order valence-corrected chi connectivity index (χ1v) is 5.48. The molecule has 1 aromatic rings. The largest absolute Gasteiger partial charge is 0.445 e. The molecule has 0 aliphatic rings. The SMILES string of the molecule is FC(F)(F)c1ccc(OC(Cl)(Cl)Cl)c(C(F)(F)F)c1. The van der Waals surface area contributed by atoms with E-state index in [9.17, 15) is 26.3 Å². The second kappa shape index (κ2) is 5.10. The molecule has 0 saturated heterocycles. The zero-order chi connectivity index (χ0) is 15.1. The summed E-state index contributed by atoms with van der Waals surface area (Å²) in [5.74, 6) is -1.01. The molecule has 1 nitrogen and oxygen atoms in total. The topological polar surface area (TPSA) is 9.23 Å².